The van der Waals surface area contributed by atoms with Crippen molar-refractivity contribution in [1.82, 2.24) is 10.6 Å². The van der Waals surface area contributed by atoms with Crippen LogP contribution in [-0.2, 0) is 4.74 Å². The highest BCUT2D eigenvalue weighted by Gasteiger charge is 2.27. The summed E-state index contributed by atoms with van der Waals surface area (Å²) in [6.45, 7) is 6.66. The number of nitrogens with one attached hydrogen (secondary N) is 2. The molecule has 0 aromatic rings. The molecule has 5 atom stereocenters. The first-order valence-electron chi connectivity index (χ1n) is 9.09. The molecule has 1 amide bonds. The number of aliphatic hydroxyl groups is 5. The smallest absolute Gasteiger partial charge is 0.408 e. The van der Waals surface area contributed by atoms with E-state index in [9.17, 15) is 25.2 Å². The number of amides is 1. The summed E-state index contributed by atoms with van der Waals surface area (Å²) in [5.41, 5.74) is -0.655. The van der Waals surface area contributed by atoms with E-state index in [1.165, 1.54) is 0 Å². The Morgan fingerprint density at radius 2 is 1.65 bits per heavy atom. The monoisotopic (exact) mass is 380 g/mol. The summed E-state index contributed by atoms with van der Waals surface area (Å²) in [4.78, 5) is 12.1. The molecule has 0 bridgehead atoms. The van der Waals surface area contributed by atoms with Gasteiger partial charge in [0.25, 0.3) is 0 Å². The fourth-order valence-electron chi connectivity index (χ4n) is 2.04. The second-order valence-corrected chi connectivity index (χ2v) is 7.09. The van der Waals surface area contributed by atoms with Crippen LogP contribution in [0.5, 0.6) is 0 Å². The van der Waals surface area contributed by atoms with Crippen molar-refractivity contribution in [2.24, 2.45) is 0 Å². The quantitative estimate of drug-likeness (QED) is 0.217. The maximum absolute atomic E-state index is 12.1. The van der Waals surface area contributed by atoms with Crippen molar-refractivity contribution in [3.63, 3.8) is 0 Å². The predicted molar refractivity (Wildman–Crippen MR) is 96.7 cm³/mol. The van der Waals surface area contributed by atoms with Crippen molar-refractivity contribution in [3.8, 4) is 0 Å². The Morgan fingerprint density at radius 3 is 2.15 bits per heavy atom. The lowest BCUT2D eigenvalue weighted by Gasteiger charge is -2.29. The lowest BCUT2D eigenvalue weighted by molar-refractivity contribution is -0.0141. The van der Waals surface area contributed by atoms with Crippen LogP contribution in [0.3, 0.4) is 0 Å². The van der Waals surface area contributed by atoms with E-state index in [1.54, 1.807) is 20.8 Å². The zero-order valence-electron chi connectivity index (χ0n) is 16.2. The van der Waals surface area contributed by atoms with Crippen LogP contribution in [0.4, 0.5) is 4.79 Å². The molecule has 0 aromatic heterocycles. The first-order valence-corrected chi connectivity index (χ1v) is 9.09. The number of carbonyl (C=O) groups is 1. The lowest BCUT2D eigenvalue weighted by Crippen LogP contribution is -2.52. The molecule has 0 heterocycles. The molecule has 0 saturated heterocycles. The van der Waals surface area contributed by atoms with Gasteiger partial charge in [0.15, 0.2) is 0 Å². The van der Waals surface area contributed by atoms with Gasteiger partial charge in [0.05, 0.1) is 31.0 Å². The first-order chi connectivity index (χ1) is 12.1. The Morgan fingerprint density at radius 1 is 1.04 bits per heavy atom. The Hall–Kier alpha value is -0.970. The predicted octanol–water partition coefficient (Wildman–Crippen LogP) is -0.905. The number of hydrogen-bond donors (Lipinski definition) is 7. The normalized spacial score (nSPS) is 17.9. The van der Waals surface area contributed by atoms with Crippen LogP contribution in [0.2, 0.25) is 0 Å². The molecule has 0 fully saturated rings. The fourth-order valence-corrected chi connectivity index (χ4v) is 2.04. The third kappa shape index (κ3) is 10.2. The SMILES string of the molecule is CCC(O)CC(O)C(CNCC(O)C(O)CO)NC(=O)OC(C)(C)CC. The van der Waals surface area contributed by atoms with Crippen LogP contribution in [0.25, 0.3) is 0 Å². The fraction of sp³-hybridized carbons (Fsp3) is 0.941. The zero-order chi connectivity index (χ0) is 20.3. The Balaban J connectivity index is 4.76. The Bertz CT molecular complexity index is 395. The maximum atomic E-state index is 12.1. The average Bonchev–Trinajstić information content (AvgIpc) is 2.59. The minimum Gasteiger partial charge on any atom is -0.444 e. The van der Waals surface area contributed by atoms with E-state index in [0.717, 1.165) is 0 Å². The van der Waals surface area contributed by atoms with E-state index in [0.29, 0.717) is 12.8 Å². The van der Waals surface area contributed by atoms with E-state index in [4.69, 9.17) is 9.84 Å². The van der Waals surface area contributed by atoms with E-state index < -0.39 is 48.8 Å². The van der Waals surface area contributed by atoms with Gasteiger partial charge < -0.3 is 40.9 Å². The lowest BCUT2D eigenvalue weighted by atomic mass is 10.0. The van der Waals surface area contributed by atoms with Gasteiger partial charge in [-0.3, -0.25) is 0 Å². The minimum atomic E-state index is -1.28. The molecule has 5 unspecified atom stereocenters. The molecule has 0 spiro atoms. The molecule has 0 aliphatic heterocycles. The topological polar surface area (TPSA) is 152 Å². The van der Waals surface area contributed by atoms with Gasteiger partial charge in [-0.1, -0.05) is 13.8 Å². The van der Waals surface area contributed by atoms with Crippen molar-refractivity contribution in [1.29, 1.82) is 0 Å². The molecule has 26 heavy (non-hydrogen) atoms. The minimum absolute atomic E-state index is 0.0432. The number of carbonyl (C=O) groups excluding carboxylic acids is 1. The highest BCUT2D eigenvalue weighted by molar-refractivity contribution is 5.68. The van der Waals surface area contributed by atoms with Crippen molar-refractivity contribution in [3.05, 3.63) is 0 Å². The van der Waals surface area contributed by atoms with Crippen LogP contribution in [0.1, 0.15) is 47.0 Å². The van der Waals surface area contributed by atoms with Crippen LogP contribution < -0.4 is 10.6 Å². The summed E-state index contributed by atoms with van der Waals surface area (Å²) in [5.74, 6) is 0. The molecule has 0 rings (SSSR count). The second kappa shape index (κ2) is 12.4. The van der Waals surface area contributed by atoms with Crippen molar-refractivity contribution < 1.29 is 35.1 Å². The number of ether oxygens (including phenoxy) is 1. The van der Waals surface area contributed by atoms with Gasteiger partial charge in [0, 0.05) is 19.5 Å². The molecule has 0 aliphatic rings. The molecular weight excluding hydrogens is 344 g/mol. The van der Waals surface area contributed by atoms with E-state index in [2.05, 4.69) is 10.6 Å². The van der Waals surface area contributed by atoms with Crippen LogP contribution >= 0.6 is 0 Å². The second-order valence-electron chi connectivity index (χ2n) is 7.09. The third-order valence-electron chi connectivity index (χ3n) is 4.32. The third-order valence-corrected chi connectivity index (χ3v) is 4.32. The van der Waals surface area contributed by atoms with E-state index >= 15 is 0 Å². The number of hydrogen-bond acceptors (Lipinski definition) is 8. The molecule has 7 N–H and O–H groups in total. The summed E-state index contributed by atoms with van der Waals surface area (Å²) in [6.07, 6.45) is -3.75. The number of aliphatic hydroxyl groups excluding tert-OH is 5. The zero-order valence-corrected chi connectivity index (χ0v) is 16.2. The summed E-state index contributed by atoms with van der Waals surface area (Å²) in [6, 6.07) is -0.769. The van der Waals surface area contributed by atoms with E-state index in [1.807, 2.05) is 6.92 Å². The standard InChI is InChI=1S/C17H36N2O7/c1-5-11(21)7-13(22)12(8-18-9-14(23)15(24)10-20)19-16(25)26-17(3,4)6-2/h11-15,18,20-24H,5-10H2,1-4H3,(H,19,25). The first kappa shape index (κ1) is 25.0. The van der Waals surface area contributed by atoms with Crippen LogP contribution in [0, 0.1) is 0 Å². The summed E-state index contributed by atoms with van der Waals surface area (Å²) >= 11 is 0. The number of rotatable bonds is 13. The van der Waals surface area contributed by atoms with Gasteiger partial charge in [-0.15, -0.1) is 0 Å². The summed E-state index contributed by atoms with van der Waals surface area (Å²) in [5, 5.41) is 53.2. The Labute approximate surface area is 155 Å². The van der Waals surface area contributed by atoms with Crippen LogP contribution in [-0.4, -0.2) is 87.4 Å². The molecule has 0 aromatic carbocycles. The van der Waals surface area contributed by atoms with Crippen molar-refractivity contribution in [2.45, 2.75) is 83.0 Å². The van der Waals surface area contributed by atoms with E-state index in [-0.39, 0.29) is 19.5 Å². The van der Waals surface area contributed by atoms with Crippen molar-refractivity contribution >= 4 is 6.09 Å². The molecule has 9 nitrogen and oxygen atoms in total. The number of alkyl carbamates (subject to hydrolysis) is 1. The van der Waals surface area contributed by atoms with Gasteiger partial charge >= 0.3 is 6.09 Å². The van der Waals surface area contributed by atoms with Gasteiger partial charge in [-0.05, 0) is 26.7 Å². The van der Waals surface area contributed by atoms with Gasteiger partial charge in [-0.25, -0.2) is 4.79 Å². The largest absolute Gasteiger partial charge is 0.444 e. The molecule has 0 radical (unpaired) electrons. The highest BCUT2D eigenvalue weighted by atomic mass is 16.6. The molecule has 9 heteroatoms. The highest BCUT2D eigenvalue weighted by Crippen LogP contribution is 2.14. The summed E-state index contributed by atoms with van der Waals surface area (Å²) < 4.78 is 5.31. The van der Waals surface area contributed by atoms with Gasteiger partial charge in [0.2, 0.25) is 0 Å². The average molecular weight is 380 g/mol. The van der Waals surface area contributed by atoms with Gasteiger partial charge in [0.1, 0.15) is 11.7 Å². The van der Waals surface area contributed by atoms with Gasteiger partial charge in [-0.2, -0.15) is 0 Å². The molecule has 0 aliphatic carbocycles. The van der Waals surface area contributed by atoms with Crippen molar-refractivity contribution in [2.75, 3.05) is 19.7 Å². The molecule has 156 valence electrons. The molecular formula is C17H36N2O7. The Kier molecular flexibility index (Phi) is 12.0. The van der Waals surface area contributed by atoms with Crippen LogP contribution in [0.15, 0.2) is 0 Å². The summed E-state index contributed by atoms with van der Waals surface area (Å²) in [7, 11) is 0. The molecule has 0 saturated carbocycles. The maximum Gasteiger partial charge on any atom is 0.408 e.